The predicted molar refractivity (Wildman–Crippen MR) is 73.0 cm³/mol. The van der Waals surface area contributed by atoms with Crippen molar-refractivity contribution in [1.29, 1.82) is 0 Å². The number of fused-ring (bicyclic) bond motifs is 1. The molecular weight excluding hydrogens is 244 g/mol. The molecule has 1 N–H and O–H groups in total. The van der Waals surface area contributed by atoms with Gasteiger partial charge in [-0.15, -0.1) is 0 Å². The Hall–Kier alpha value is -0.650. The maximum absolute atomic E-state index is 12.1. The molecule has 0 radical (unpaired) electrons. The highest BCUT2D eigenvalue weighted by Crippen LogP contribution is 2.27. The summed E-state index contributed by atoms with van der Waals surface area (Å²) < 4.78 is 10.3. The number of nitrogens with one attached hydrogen (secondary N) is 1. The van der Waals surface area contributed by atoms with Crippen LogP contribution in [0, 0.1) is 11.8 Å². The highest BCUT2D eigenvalue weighted by atomic mass is 16.5. The number of nitrogens with zero attached hydrogens (tertiary/aromatic N) is 1. The highest BCUT2D eigenvalue weighted by molar-refractivity contribution is 5.76. The van der Waals surface area contributed by atoms with Crippen LogP contribution in [-0.4, -0.2) is 63.9 Å². The van der Waals surface area contributed by atoms with Crippen LogP contribution in [0.25, 0.3) is 0 Å². The molecule has 2 rings (SSSR count). The monoisotopic (exact) mass is 270 g/mol. The van der Waals surface area contributed by atoms with Gasteiger partial charge in [0.05, 0.1) is 26.2 Å². The molecule has 0 aliphatic carbocycles. The third kappa shape index (κ3) is 4.44. The van der Waals surface area contributed by atoms with E-state index in [0.29, 0.717) is 26.2 Å². The van der Waals surface area contributed by atoms with Gasteiger partial charge in [-0.1, -0.05) is 0 Å². The van der Waals surface area contributed by atoms with Crippen LogP contribution < -0.4 is 5.32 Å². The lowest BCUT2D eigenvalue weighted by molar-refractivity contribution is -0.132. The minimum absolute atomic E-state index is 0.241. The Morgan fingerprint density at radius 1 is 1.16 bits per heavy atom. The molecule has 0 aromatic heterocycles. The average molecular weight is 270 g/mol. The third-order valence-corrected chi connectivity index (χ3v) is 4.26. The van der Waals surface area contributed by atoms with Gasteiger partial charge in [-0.05, 0) is 37.8 Å². The molecule has 0 bridgehead atoms. The molecule has 5 heteroatoms. The summed E-state index contributed by atoms with van der Waals surface area (Å²) in [5.74, 6) is 1.79. The number of hydrogen-bond acceptors (Lipinski definition) is 4. The van der Waals surface area contributed by atoms with Crippen LogP contribution in [0.1, 0.15) is 19.3 Å². The van der Waals surface area contributed by atoms with Crippen molar-refractivity contribution in [2.24, 2.45) is 11.8 Å². The summed E-state index contributed by atoms with van der Waals surface area (Å²) in [6.07, 6.45) is 2.79. The van der Waals surface area contributed by atoms with Crippen molar-refractivity contribution in [2.45, 2.75) is 19.3 Å². The number of ether oxygens (including phenoxy) is 2. The van der Waals surface area contributed by atoms with Crippen molar-refractivity contribution in [2.75, 3.05) is 53.1 Å². The van der Waals surface area contributed by atoms with Crippen LogP contribution in [0.4, 0.5) is 0 Å². The summed E-state index contributed by atoms with van der Waals surface area (Å²) >= 11 is 0. The third-order valence-electron chi connectivity index (χ3n) is 4.26. The highest BCUT2D eigenvalue weighted by Gasteiger charge is 2.31. The smallest absolute Gasteiger partial charge is 0.224 e. The Kier molecular flexibility index (Phi) is 6.07. The van der Waals surface area contributed by atoms with Gasteiger partial charge in [0.2, 0.25) is 5.91 Å². The molecule has 5 nitrogen and oxygen atoms in total. The van der Waals surface area contributed by atoms with Crippen molar-refractivity contribution in [3.05, 3.63) is 0 Å². The molecule has 0 aromatic rings. The fourth-order valence-corrected chi connectivity index (χ4v) is 3.03. The summed E-state index contributed by atoms with van der Waals surface area (Å²) in [6, 6.07) is 0. The summed E-state index contributed by atoms with van der Waals surface area (Å²) in [6.45, 7) is 5.76. The lowest BCUT2D eigenvalue weighted by Crippen LogP contribution is -2.33. The summed E-state index contributed by atoms with van der Waals surface area (Å²) in [4.78, 5) is 14.1. The Morgan fingerprint density at radius 3 is 2.47 bits per heavy atom. The molecule has 0 saturated carbocycles. The van der Waals surface area contributed by atoms with Gasteiger partial charge in [0.15, 0.2) is 0 Å². The Bertz CT molecular complexity index is 272. The first kappa shape index (κ1) is 14.8. The van der Waals surface area contributed by atoms with E-state index in [9.17, 15) is 4.79 Å². The topological polar surface area (TPSA) is 50.8 Å². The van der Waals surface area contributed by atoms with E-state index in [0.717, 1.165) is 50.9 Å². The number of amides is 1. The lowest BCUT2D eigenvalue weighted by atomic mass is 9.92. The molecule has 1 amide bonds. The van der Waals surface area contributed by atoms with E-state index in [4.69, 9.17) is 9.47 Å². The number of likely N-dealkylation sites (tertiary alicyclic amines) is 1. The van der Waals surface area contributed by atoms with E-state index < -0.39 is 0 Å². The van der Waals surface area contributed by atoms with Crippen LogP contribution in [0.5, 0.6) is 0 Å². The zero-order valence-corrected chi connectivity index (χ0v) is 11.9. The van der Waals surface area contributed by atoms with E-state index in [2.05, 4.69) is 5.32 Å². The Labute approximate surface area is 115 Å². The molecule has 2 aliphatic heterocycles. The van der Waals surface area contributed by atoms with Gasteiger partial charge in [-0.2, -0.15) is 0 Å². The molecule has 2 atom stereocenters. The number of carbonyl (C=O) groups excluding carboxylic acids is 1. The first-order chi connectivity index (χ1) is 9.31. The molecule has 0 spiro atoms. The summed E-state index contributed by atoms with van der Waals surface area (Å²) in [5, 5.41) is 3.45. The zero-order chi connectivity index (χ0) is 13.5. The summed E-state index contributed by atoms with van der Waals surface area (Å²) in [5.41, 5.74) is 0. The second-order valence-electron chi connectivity index (χ2n) is 5.49. The molecule has 2 aliphatic rings. The van der Waals surface area contributed by atoms with E-state index in [1.807, 2.05) is 4.90 Å². The van der Waals surface area contributed by atoms with E-state index in [1.165, 1.54) is 0 Å². The molecule has 2 saturated heterocycles. The zero-order valence-electron chi connectivity index (χ0n) is 11.9. The van der Waals surface area contributed by atoms with E-state index >= 15 is 0 Å². The minimum atomic E-state index is 0.241. The van der Waals surface area contributed by atoms with Gasteiger partial charge >= 0.3 is 0 Å². The van der Waals surface area contributed by atoms with E-state index in [1.54, 1.807) is 7.11 Å². The van der Waals surface area contributed by atoms with Gasteiger partial charge in [0.25, 0.3) is 0 Å². The molecule has 19 heavy (non-hydrogen) atoms. The number of methoxy groups -OCH3 is 1. The fraction of sp³-hybridized carbons (Fsp3) is 0.929. The Balaban J connectivity index is 1.65. The van der Waals surface area contributed by atoms with Crippen LogP contribution in [0.3, 0.4) is 0 Å². The summed E-state index contributed by atoms with van der Waals surface area (Å²) in [7, 11) is 1.65. The van der Waals surface area contributed by atoms with Gasteiger partial charge in [-0.25, -0.2) is 0 Å². The van der Waals surface area contributed by atoms with Crippen LogP contribution in [0.15, 0.2) is 0 Å². The maximum atomic E-state index is 12.1. The molecule has 110 valence electrons. The molecule has 2 heterocycles. The number of hydrogen-bond donors (Lipinski definition) is 1. The van der Waals surface area contributed by atoms with E-state index in [-0.39, 0.29) is 5.91 Å². The molecule has 0 aromatic carbocycles. The maximum Gasteiger partial charge on any atom is 0.224 e. The van der Waals surface area contributed by atoms with Crippen LogP contribution in [0.2, 0.25) is 0 Å². The normalized spacial score (nSPS) is 27.1. The van der Waals surface area contributed by atoms with Crippen molar-refractivity contribution >= 4 is 5.91 Å². The average Bonchev–Trinajstić information content (AvgIpc) is 2.77. The second-order valence-corrected chi connectivity index (χ2v) is 5.49. The van der Waals surface area contributed by atoms with Crippen molar-refractivity contribution in [1.82, 2.24) is 10.2 Å². The van der Waals surface area contributed by atoms with Crippen LogP contribution in [-0.2, 0) is 14.3 Å². The molecule has 2 fully saturated rings. The minimum Gasteiger partial charge on any atom is -0.382 e. The second kappa shape index (κ2) is 7.82. The number of rotatable bonds is 6. The van der Waals surface area contributed by atoms with Gasteiger partial charge in [0, 0.05) is 20.2 Å². The van der Waals surface area contributed by atoms with Crippen LogP contribution >= 0.6 is 0 Å². The van der Waals surface area contributed by atoms with Crippen molar-refractivity contribution < 1.29 is 14.3 Å². The Morgan fingerprint density at radius 2 is 1.84 bits per heavy atom. The lowest BCUT2D eigenvalue weighted by Gasteiger charge is -2.20. The fourth-order valence-electron chi connectivity index (χ4n) is 3.03. The van der Waals surface area contributed by atoms with Crippen molar-refractivity contribution in [3.63, 3.8) is 0 Å². The first-order valence-electron chi connectivity index (χ1n) is 7.36. The standard InChI is InChI=1S/C14H26N2O3/c1-18-8-9-19-7-4-14(17)16-5-2-12-10-15-11-13(12)3-6-16/h12-13,15H,2-11H2,1H3/t12-,13+. The molecule has 0 unspecified atom stereocenters. The quantitative estimate of drug-likeness (QED) is 0.714. The number of carbonyl (C=O) groups is 1. The van der Waals surface area contributed by atoms with Gasteiger partial charge < -0.3 is 19.7 Å². The van der Waals surface area contributed by atoms with Gasteiger partial charge in [0.1, 0.15) is 0 Å². The SMILES string of the molecule is COCCOCCC(=O)N1CC[C@@H]2CNC[C@@H]2CC1. The largest absolute Gasteiger partial charge is 0.382 e. The van der Waals surface area contributed by atoms with Gasteiger partial charge in [-0.3, -0.25) is 4.79 Å². The molecular formula is C14H26N2O3. The predicted octanol–water partition coefficient (Wildman–Crippen LogP) is 0.498. The van der Waals surface area contributed by atoms with Crippen molar-refractivity contribution in [3.8, 4) is 0 Å². The first-order valence-corrected chi connectivity index (χ1v) is 7.36.